The largest absolute Gasteiger partial charge is 0.339 e. The lowest BCUT2D eigenvalue weighted by Gasteiger charge is -2.07. The number of hydrogen-bond acceptors (Lipinski definition) is 4. The average molecular weight is 371 g/mol. The molecule has 0 saturated heterocycles. The number of benzene rings is 1. The molecular weight excluding hydrogens is 357 g/mol. The third kappa shape index (κ3) is 4.02. The number of carbonyl (C=O) groups is 1. The Morgan fingerprint density at radius 2 is 2.21 bits per heavy atom. The predicted molar refractivity (Wildman–Crippen MR) is 79.9 cm³/mol. The lowest BCUT2D eigenvalue weighted by atomic mass is 10.2. The van der Waals surface area contributed by atoms with Crippen molar-refractivity contribution in [1.29, 1.82) is 0 Å². The summed E-state index contributed by atoms with van der Waals surface area (Å²) in [6.45, 7) is 3.72. The van der Waals surface area contributed by atoms with Crippen LogP contribution in [0.2, 0.25) is 0 Å². The van der Waals surface area contributed by atoms with Gasteiger partial charge in [-0.25, -0.2) is 0 Å². The summed E-state index contributed by atoms with van der Waals surface area (Å²) in [6.07, 6.45) is 0.781. The van der Waals surface area contributed by atoms with Crippen molar-refractivity contribution >= 4 is 34.2 Å². The highest BCUT2D eigenvalue weighted by atomic mass is 127. The summed E-state index contributed by atoms with van der Waals surface area (Å²) in [5.74, 6) is 1.02. The summed E-state index contributed by atoms with van der Waals surface area (Å²) in [6, 6.07) is 5.90. The zero-order chi connectivity index (χ0) is 13.8. The van der Waals surface area contributed by atoms with E-state index >= 15 is 0 Å². The van der Waals surface area contributed by atoms with Crippen LogP contribution in [0.3, 0.4) is 0 Å². The maximum atomic E-state index is 11.8. The molecule has 1 heterocycles. The Hall–Kier alpha value is -1.44. The Morgan fingerprint density at radius 1 is 1.42 bits per heavy atom. The van der Waals surface area contributed by atoms with Crippen LogP contribution >= 0.6 is 22.6 Å². The fraction of sp³-hybridized carbons (Fsp3) is 0.308. The molecule has 1 aromatic heterocycles. The molecule has 1 amide bonds. The SMILES string of the molecule is Cc1noc(CCC(=O)Nc2ccc(I)cc2C)n1. The first-order valence-electron chi connectivity index (χ1n) is 5.90. The van der Waals surface area contributed by atoms with Gasteiger partial charge in [0.15, 0.2) is 5.82 Å². The smallest absolute Gasteiger partial charge is 0.227 e. The van der Waals surface area contributed by atoms with Crippen molar-refractivity contribution in [2.75, 3.05) is 5.32 Å². The number of nitrogens with one attached hydrogen (secondary N) is 1. The summed E-state index contributed by atoms with van der Waals surface area (Å²) in [5, 5.41) is 6.57. The highest BCUT2D eigenvalue weighted by Crippen LogP contribution is 2.18. The highest BCUT2D eigenvalue weighted by Gasteiger charge is 2.08. The number of aryl methyl sites for hydroxylation is 3. The molecule has 0 fully saturated rings. The predicted octanol–water partition coefficient (Wildman–Crippen LogP) is 2.86. The van der Waals surface area contributed by atoms with Crippen molar-refractivity contribution in [2.24, 2.45) is 0 Å². The number of nitrogens with zero attached hydrogens (tertiary/aromatic N) is 2. The molecule has 1 N–H and O–H groups in total. The summed E-state index contributed by atoms with van der Waals surface area (Å²) in [7, 11) is 0. The number of aromatic nitrogens is 2. The molecule has 1 aromatic carbocycles. The van der Waals surface area contributed by atoms with E-state index in [9.17, 15) is 4.79 Å². The summed E-state index contributed by atoms with van der Waals surface area (Å²) in [4.78, 5) is 15.9. The Kier molecular flexibility index (Phi) is 4.52. The zero-order valence-corrected chi connectivity index (χ0v) is 12.9. The van der Waals surface area contributed by atoms with Crippen LogP contribution in [0.25, 0.3) is 0 Å². The first kappa shape index (κ1) is 14.0. The van der Waals surface area contributed by atoms with Gasteiger partial charge in [-0.2, -0.15) is 4.98 Å². The van der Waals surface area contributed by atoms with Crippen molar-refractivity contribution in [3.63, 3.8) is 0 Å². The summed E-state index contributed by atoms with van der Waals surface area (Å²) in [5.41, 5.74) is 1.89. The molecule has 0 saturated carbocycles. The lowest BCUT2D eigenvalue weighted by Crippen LogP contribution is -2.13. The van der Waals surface area contributed by atoms with Crippen LogP contribution in [0, 0.1) is 17.4 Å². The van der Waals surface area contributed by atoms with Crippen molar-refractivity contribution < 1.29 is 9.32 Å². The number of carbonyl (C=O) groups excluding carboxylic acids is 1. The molecule has 0 aliphatic heterocycles. The minimum Gasteiger partial charge on any atom is -0.339 e. The summed E-state index contributed by atoms with van der Waals surface area (Å²) >= 11 is 2.24. The van der Waals surface area contributed by atoms with Gasteiger partial charge >= 0.3 is 0 Å². The number of anilines is 1. The van der Waals surface area contributed by atoms with E-state index in [2.05, 4.69) is 38.0 Å². The van der Waals surface area contributed by atoms with Crippen LogP contribution in [0.15, 0.2) is 22.7 Å². The van der Waals surface area contributed by atoms with Crippen molar-refractivity contribution in [3.8, 4) is 0 Å². The van der Waals surface area contributed by atoms with E-state index in [0.29, 0.717) is 24.6 Å². The molecule has 0 atom stereocenters. The normalized spacial score (nSPS) is 10.5. The van der Waals surface area contributed by atoms with E-state index in [4.69, 9.17) is 4.52 Å². The van der Waals surface area contributed by atoms with Gasteiger partial charge in [0.1, 0.15) is 0 Å². The van der Waals surface area contributed by atoms with Gasteiger partial charge in [-0.3, -0.25) is 4.79 Å². The standard InChI is InChI=1S/C13H14IN3O2/c1-8-7-10(14)3-4-11(8)16-12(18)5-6-13-15-9(2)17-19-13/h3-4,7H,5-6H2,1-2H3,(H,16,18). The second-order valence-corrected chi connectivity index (χ2v) is 5.49. The van der Waals surface area contributed by atoms with Gasteiger partial charge in [0.25, 0.3) is 0 Å². The Bertz CT molecular complexity index is 595. The zero-order valence-electron chi connectivity index (χ0n) is 10.7. The van der Waals surface area contributed by atoms with Gasteiger partial charge < -0.3 is 9.84 Å². The van der Waals surface area contributed by atoms with Crippen LogP contribution in [0.4, 0.5) is 5.69 Å². The molecule has 0 bridgehead atoms. The molecule has 0 spiro atoms. The maximum Gasteiger partial charge on any atom is 0.227 e. The van der Waals surface area contributed by atoms with Gasteiger partial charge in [0, 0.05) is 22.1 Å². The molecule has 2 aromatic rings. The van der Waals surface area contributed by atoms with Crippen molar-refractivity contribution in [1.82, 2.24) is 10.1 Å². The topological polar surface area (TPSA) is 68.0 Å². The van der Waals surface area contributed by atoms with Crippen LogP contribution in [0.1, 0.15) is 23.7 Å². The summed E-state index contributed by atoms with van der Waals surface area (Å²) < 4.78 is 6.11. The highest BCUT2D eigenvalue weighted by molar-refractivity contribution is 14.1. The monoisotopic (exact) mass is 371 g/mol. The van der Waals surface area contributed by atoms with E-state index in [1.807, 2.05) is 25.1 Å². The van der Waals surface area contributed by atoms with E-state index in [-0.39, 0.29) is 5.91 Å². The van der Waals surface area contributed by atoms with E-state index in [1.54, 1.807) is 6.92 Å². The fourth-order valence-electron chi connectivity index (χ4n) is 1.64. The van der Waals surface area contributed by atoms with Gasteiger partial charge in [0.05, 0.1) is 0 Å². The Labute approximate surface area is 124 Å². The Morgan fingerprint density at radius 3 is 2.84 bits per heavy atom. The van der Waals surface area contributed by atoms with Gasteiger partial charge in [0.2, 0.25) is 11.8 Å². The Balaban J connectivity index is 1.90. The minimum atomic E-state index is -0.0554. The average Bonchev–Trinajstić information content (AvgIpc) is 2.76. The molecule has 0 aliphatic rings. The van der Waals surface area contributed by atoms with Crippen LogP contribution < -0.4 is 5.32 Å². The van der Waals surface area contributed by atoms with E-state index in [0.717, 1.165) is 14.8 Å². The third-order valence-electron chi connectivity index (χ3n) is 2.60. The quantitative estimate of drug-likeness (QED) is 0.840. The molecular formula is C13H14IN3O2. The van der Waals surface area contributed by atoms with Crippen LogP contribution in [-0.4, -0.2) is 16.0 Å². The van der Waals surface area contributed by atoms with Crippen LogP contribution in [-0.2, 0) is 11.2 Å². The third-order valence-corrected chi connectivity index (χ3v) is 3.27. The van der Waals surface area contributed by atoms with E-state index in [1.165, 1.54) is 0 Å². The maximum absolute atomic E-state index is 11.8. The first-order chi connectivity index (χ1) is 9.04. The fourth-order valence-corrected chi connectivity index (χ4v) is 2.29. The molecule has 0 radical (unpaired) electrons. The van der Waals surface area contributed by atoms with Gasteiger partial charge in [-0.1, -0.05) is 5.16 Å². The number of halogens is 1. The second kappa shape index (κ2) is 6.14. The van der Waals surface area contributed by atoms with E-state index < -0.39 is 0 Å². The molecule has 5 nitrogen and oxygen atoms in total. The first-order valence-corrected chi connectivity index (χ1v) is 6.97. The molecule has 0 aliphatic carbocycles. The minimum absolute atomic E-state index is 0.0554. The number of amides is 1. The second-order valence-electron chi connectivity index (χ2n) is 4.24. The molecule has 0 unspecified atom stereocenters. The van der Waals surface area contributed by atoms with Gasteiger partial charge in [-0.05, 0) is 60.2 Å². The molecule has 100 valence electrons. The van der Waals surface area contributed by atoms with Crippen LogP contribution in [0.5, 0.6) is 0 Å². The molecule has 6 heteroatoms. The molecule has 2 rings (SSSR count). The van der Waals surface area contributed by atoms with Crippen molar-refractivity contribution in [2.45, 2.75) is 26.7 Å². The lowest BCUT2D eigenvalue weighted by molar-refractivity contribution is -0.116. The van der Waals surface area contributed by atoms with Gasteiger partial charge in [-0.15, -0.1) is 0 Å². The number of hydrogen-bond donors (Lipinski definition) is 1. The van der Waals surface area contributed by atoms with Crippen molar-refractivity contribution in [3.05, 3.63) is 39.0 Å². The number of rotatable bonds is 4. The molecule has 19 heavy (non-hydrogen) atoms.